The summed E-state index contributed by atoms with van der Waals surface area (Å²) in [5, 5.41) is 13.3. The summed E-state index contributed by atoms with van der Waals surface area (Å²) in [6.45, 7) is 0. The monoisotopic (exact) mass is 307 g/mol. The zero-order chi connectivity index (χ0) is 14.4. The number of thiophene rings is 1. The summed E-state index contributed by atoms with van der Waals surface area (Å²) in [6, 6.07) is 11.5. The van der Waals surface area contributed by atoms with E-state index < -0.39 is 5.97 Å². The molecule has 0 unspecified atom stereocenters. The van der Waals surface area contributed by atoms with Gasteiger partial charge in [-0.2, -0.15) is 0 Å². The fourth-order valence-electron chi connectivity index (χ4n) is 1.66. The zero-order valence-corrected chi connectivity index (χ0v) is 12.2. The first-order valence-corrected chi connectivity index (χ1v) is 7.92. The molecular formula is C14H13NO3S2. The second kappa shape index (κ2) is 7.12. The van der Waals surface area contributed by atoms with Crippen molar-refractivity contribution in [1.29, 1.82) is 0 Å². The Morgan fingerprint density at radius 1 is 1.15 bits per heavy atom. The van der Waals surface area contributed by atoms with E-state index in [-0.39, 0.29) is 17.4 Å². The molecule has 2 N–H and O–H groups in total. The molecule has 104 valence electrons. The molecule has 0 aliphatic rings. The number of hydrogen-bond donors (Lipinski definition) is 2. The van der Waals surface area contributed by atoms with E-state index in [1.54, 1.807) is 11.3 Å². The molecule has 0 spiro atoms. The van der Waals surface area contributed by atoms with Gasteiger partial charge < -0.3 is 10.4 Å². The Kier molecular flexibility index (Phi) is 5.20. The number of para-hydroxylation sites is 1. The molecular weight excluding hydrogens is 294 g/mol. The molecule has 0 saturated heterocycles. The van der Waals surface area contributed by atoms with Crippen molar-refractivity contribution in [3.63, 3.8) is 0 Å². The molecule has 1 amide bonds. The van der Waals surface area contributed by atoms with Crippen molar-refractivity contribution in [1.82, 2.24) is 0 Å². The lowest BCUT2D eigenvalue weighted by atomic mass is 10.1. The average Bonchev–Trinajstić information content (AvgIpc) is 2.92. The molecule has 1 heterocycles. The number of nitrogens with one attached hydrogen (secondary N) is 1. The molecule has 0 radical (unpaired) electrons. The number of anilines is 1. The van der Waals surface area contributed by atoms with E-state index in [2.05, 4.69) is 5.32 Å². The Morgan fingerprint density at radius 2 is 1.95 bits per heavy atom. The Hall–Kier alpha value is -1.79. The molecule has 0 fully saturated rings. The number of carboxylic acid groups (broad SMARTS) is 1. The quantitative estimate of drug-likeness (QED) is 0.860. The number of carboxylic acids is 1. The molecule has 0 bridgehead atoms. The molecule has 0 aliphatic heterocycles. The maximum absolute atomic E-state index is 11.8. The Morgan fingerprint density at radius 3 is 2.65 bits per heavy atom. The smallest absolute Gasteiger partial charge is 0.313 e. The van der Waals surface area contributed by atoms with E-state index in [0.717, 1.165) is 27.9 Å². The minimum atomic E-state index is -0.915. The predicted octanol–water partition coefficient (Wildman–Crippen LogP) is 3.17. The zero-order valence-electron chi connectivity index (χ0n) is 10.5. The van der Waals surface area contributed by atoms with Gasteiger partial charge in [0.05, 0.1) is 11.5 Å². The van der Waals surface area contributed by atoms with Gasteiger partial charge in [0, 0.05) is 16.1 Å². The van der Waals surface area contributed by atoms with Gasteiger partial charge >= 0.3 is 5.97 Å². The van der Waals surface area contributed by atoms with Crippen molar-refractivity contribution >= 4 is 40.7 Å². The van der Waals surface area contributed by atoms with Gasteiger partial charge in [0.1, 0.15) is 0 Å². The molecule has 2 rings (SSSR count). The summed E-state index contributed by atoms with van der Waals surface area (Å²) in [5.74, 6) is -1.05. The van der Waals surface area contributed by atoms with Gasteiger partial charge in [-0.1, -0.05) is 24.3 Å². The van der Waals surface area contributed by atoms with Crippen LogP contribution >= 0.6 is 23.1 Å². The Balaban J connectivity index is 2.03. The van der Waals surface area contributed by atoms with Crippen LogP contribution in [0.1, 0.15) is 0 Å². The summed E-state index contributed by atoms with van der Waals surface area (Å²) in [5.41, 5.74) is 1.72. The van der Waals surface area contributed by atoms with Crippen molar-refractivity contribution in [3.05, 3.63) is 41.8 Å². The van der Waals surface area contributed by atoms with E-state index in [9.17, 15) is 9.59 Å². The van der Waals surface area contributed by atoms with Gasteiger partial charge in [-0.3, -0.25) is 9.59 Å². The number of thioether (sulfide) groups is 1. The van der Waals surface area contributed by atoms with Crippen molar-refractivity contribution in [2.45, 2.75) is 0 Å². The van der Waals surface area contributed by atoms with Crippen molar-refractivity contribution in [2.24, 2.45) is 0 Å². The largest absolute Gasteiger partial charge is 0.481 e. The van der Waals surface area contributed by atoms with Crippen molar-refractivity contribution < 1.29 is 14.7 Å². The maximum Gasteiger partial charge on any atom is 0.313 e. The number of aliphatic carboxylic acids is 1. The molecule has 1 aromatic heterocycles. The molecule has 0 saturated carbocycles. The van der Waals surface area contributed by atoms with Crippen LogP contribution in [0.15, 0.2) is 41.8 Å². The highest BCUT2D eigenvalue weighted by Gasteiger charge is 2.09. The number of carbonyl (C=O) groups excluding carboxylic acids is 1. The third kappa shape index (κ3) is 4.11. The molecule has 2 aromatic rings. The van der Waals surface area contributed by atoms with Crippen LogP contribution in [0.3, 0.4) is 0 Å². The Bertz CT molecular complexity index is 596. The fraction of sp³-hybridized carbons (Fsp3) is 0.143. The lowest BCUT2D eigenvalue weighted by Crippen LogP contribution is -2.15. The lowest BCUT2D eigenvalue weighted by Gasteiger charge is -2.09. The van der Waals surface area contributed by atoms with Gasteiger partial charge in [-0.15, -0.1) is 23.1 Å². The van der Waals surface area contributed by atoms with E-state index in [1.807, 2.05) is 41.8 Å². The van der Waals surface area contributed by atoms with Crippen LogP contribution in [-0.2, 0) is 9.59 Å². The average molecular weight is 307 g/mol. The third-order valence-corrected chi connectivity index (χ3v) is 4.27. The SMILES string of the molecule is O=C(O)CSCC(=O)Nc1ccccc1-c1cccs1. The van der Waals surface area contributed by atoms with E-state index in [0.29, 0.717) is 0 Å². The number of amides is 1. The first-order chi connectivity index (χ1) is 9.66. The van der Waals surface area contributed by atoms with Crippen LogP contribution in [0.25, 0.3) is 10.4 Å². The predicted molar refractivity (Wildman–Crippen MR) is 83.3 cm³/mol. The lowest BCUT2D eigenvalue weighted by molar-refractivity contribution is -0.133. The first kappa shape index (κ1) is 14.6. The normalized spacial score (nSPS) is 10.2. The molecule has 20 heavy (non-hydrogen) atoms. The Labute approximate surface area is 124 Å². The topological polar surface area (TPSA) is 66.4 Å². The highest BCUT2D eigenvalue weighted by Crippen LogP contribution is 2.31. The van der Waals surface area contributed by atoms with Crippen LogP contribution in [0.2, 0.25) is 0 Å². The fourth-order valence-corrected chi connectivity index (χ4v) is 2.96. The summed E-state index contributed by atoms with van der Waals surface area (Å²) >= 11 is 2.69. The number of carbonyl (C=O) groups is 2. The summed E-state index contributed by atoms with van der Waals surface area (Å²) in [7, 11) is 0. The standard InChI is InChI=1S/C14H13NO3S2/c16-13(8-19-9-14(17)18)15-11-5-2-1-4-10(11)12-6-3-7-20-12/h1-7H,8-9H2,(H,15,16)(H,17,18). The molecule has 0 atom stereocenters. The van der Waals surface area contributed by atoms with Gasteiger partial charge in [-0.25, -0.2) is 0 Å². The van der Waals surface area contributed by atoms with Gasteiger partial charge in [-0.05, 0) is 17.5 Å². The second-order valence-corrected chi connectivity index (χ2v) is 5.89. The minimum Gasteiger partial charge on any atom is -0.481 e. The van der Waals surface area contributed by atoms with Gasteiger partial charge in [0.25, 0.3) is 0 Å². The molecule has 6 heteroatoms. The molecule has 1 aromatic carbocycles. The van der Waals surface area contributed by atoms with Crippen molar-refractivity contribution in [2.75, 3.05) is 16.8 Å². The highest BCUT2D eigenvalue weighted by molar-refractivity contribution is 8.00. The summed E-state index contributed by atoms with van der Waals surface area (Å²) in [4.78, 5) is 23.3. The second-order valence-electron chi connectivity index (χ2n) is 3.96. The minimum absolute atomic E-state index is 0.0695. The number of hydrogen-bond acceptors (Lipinski definition) is 4. The third-order valence-electron chi connectivity index (χ3n) is 2.45. The van der Waals surface area contributed by atoms with Crippen LogP contribution < -0.4 is 5.32 Å². The maximum atomic E-state index is 11.8. The molecule has 4 nitrogen and oxygen atoms in total. The van der Waals surface area contributed by atoms with Gasteiger partial charge in [0.2, 0.25) is 5.91 Å². The summed E-state index contributed by atoms with van der Waals surface area (Å²) in [6.07, 6.45) is 0. The van der Waals surface area contributed by atoms with E-state index >= 15 is 0 Å². The van der Waals surface area contributed by atoms with E-state index in [1.165, 1.54) is 0 Å². The van der Waals surface area contributed by atoms with Crippen molar-refractivity contribution in [3.8, 4) is 10.4 Å². The van der Waals surface area contributed by atoms with Gasteiger partial charge in [0.15, 0.2) is 0 Å². The number of rotatable bonds is 6. The highest BCUT2D eigenvalue weighted by atomic mass is 32.2. The van der Waals surface area contributed by atoms with Crippen LogP contribution in [0.4, 0.5) is 5.69 Å². The van der Waals surface area contributed by atoms with Crippen LogP contribution in [0.5, 0.6) is 0 Å². The first-order valence-electron chi connectivity index (χ1n) is 5.89. The van der Waals surface area contributed by atoms with Crippen LogP contribution in [0, 0.1) is 0 Å². The number of benzene rings is 1. The van der Waals surface area contributed by atoms with E-state index in [4.69, 9.17) is 5.11 Å². The summed E-state index contributed by atoms with van der Waals surface area (Å²) < 4.78 is 0. The molecule has 0 aliphatic carbocycles. The van der Waals surface area contributed by atoms with Crippen LogP contribution in [-0.4, -0.2) is 28.5 Å².